The Morgan fingerprint density at radius 3 is 2.62 bits per heavy atom. The van der Waals surface area contributed by atoms with Crippen molar-refractivity contribution in [1.29, 1.82) is 0 Å². The van der Waals surface area contributed by atoms with E-state index in [-0.39, 0.29) is 0 Å². The van der Waals surface area contributed by atoms with Gasteiger partial charge in [0.2, 0.25) is 0 Å². The second-order valence-electron chi connectivity index (χ2n) is 7.46. The number of rotatable bonds is 8. The molecule has 1 aromatic heterocycles. The molecule has 26 heavy (non-hydrogen) atoms. The summed E-state index contributed by atoms with van der Waals surface area (Å²) in [5, 5.41) is 0. The van der Waals surface area contributed by atoms with E-state index in [0.29, 0.717) is 0 Å². The van der Waals surface area contributed by atoms with Gasteiger partial charge in [-0.05, 0) is 74.2 Å². The number of pyridine rings is 1. The van der Waals surface area contributed by atoms with Crippen LogP contribution >= 0.6 is 0 Å². The van der Waals surface area contributed by atoms with E-state index >= 15 is 0 Å². The first-order valence-corrected chi connectivity index (χ1v) is 9.65. The van der Waals surface area contributed by atoms with Crippen LogP contribution in [-0.2, 0) is 13.0 Å². The van der Waals surface area contributed by atoms with Crippen LogP contribution in [0.5, 0.6) is 5.75 Å². The second-order valence-corrected chi connectivity index (χ2v) is 7.46. The summed E-state index contributed by atoms with van der Waals surface area (Å²) in [5.74, 6) is 1.70. The maximum Gasteiger partial charge on any atom is 0.118 e. The molecule has 1 saturated heterocycles. The Labute approximate surface area is 157 Å². The van der Waals surface area contributed by atoms with Gasteiger partial charge < -0.3 is 14.5 Å². The van der Waals surface area contributed by atoms with Crippen molar-refractivity contribution >= 4 is 0 Å². The maximum absolute atomic E-state index is 5.24. The summed E-state index contributed by atoms with van der Waals surface area (Å²) in [6, 6.07) is 12.7. The summed E-state index contributed by atoms with van der Waals surface area (Å²) in [4.78, 5) is 9.19. The second kappa shape index (κ2) is 9.70. The van der Waals surface area contributed by atoms with E-state index in [1.165, 1.54) is 43.6 Å². The molecule has 4 nitrogen and oxygen atoms in total. The summed E-state index contributed by atoms with van der Waals surface area (Å²) in [6.45, 7) is 5.78. The Hall–Kier alpha value is -1.91. The van der Waals surface area contributed by atoms with Gasteiger partial charge in [-0.2, -0.15) is 0 Å². The van der Waals surface area contributed by atoms with Gasteiger partial charge in [0, 0.05) is 38.6 Å². The number of aromatic nitrogens is 1. The van der Waals surface area contributed by atoms with Gasteiger partial charge in [0.1, 0.15) is 5.75 Å². The zero-order valence-corrected chi connectivity index (χ0v) is 16.1. The molecule has 0 bridgehead atoms. The van der Waals surface area contributed by atoms with Crippen LogP contribution in [0.2, 0.25) is 0 Å². The van der Waals surface area contributed by atoms with Crippen LogP contribution in [0.4, 0.5) is 0 Å². The van der Waals surface area contributed by atoms with Crippen molar-refractivity contribution in [1.82, 2.24) is 14.8 Å². The monoisotopic (exact) mass is 353 g/mol. The van der Waals surface area contributed by atoms with E-state index in [9.17, 15) is 0 Å². The number of piperidine rings is 1. The van der Waals surface area contributed by atoms with Gasteiger partial charge in [-0.15, -0.1) is 0 Å². The predicted molar refractivity (Wildman–Crippen MR) is 106 cm³/mol. The Morgan fingerprint density at radius 1 is 1.12 bits per heavy atom. The minimum atomic E-state index is 0.770. The van der Waals surface area contributed by atoms with Crippen molar-refractivity contribution in [2.24, 2.45) is 5.92 Å². The smallest absolute Gasteiger partial charge is 0.118 e. The summed E-state index contributed by atoms with van der Waals surface area (Å²) < 4.78 is 5.24. The Bertz CT molecular complexity index is 644. The highest BCUT2D eigenvalue weighted by atomic mass is 16.5. The Balaban J connectivity index is 1.43. The van der Waals surface area contributed by atoms with Gasteiger partial charge in [0.05, 0.1) is 7.11 Å². The number of nitrogens with zero attached hydrogens (tertiary/aromatic N) is 3. The highest BCUT2D eigenvalue weighted by molar-refractivity contribution is 5.27. The maximum atomic E-state index is 5.24. The molecular weight excluding hydrogens is 322 g/mol. The van der Waals surface area contributed by atoms with Gasteiger partial charge in [0.15, 0.2) is 0 Å². The van der Waals surface area contributed by atoms with E-state index in [2.05, 4.69) is 58.2 Å². The average Bonchev–Trinajstić information content (AvgIpc) is 2.68. The van der Waals surface area contributed by atoms with E-state index in [4.69, 9.17) is 4.74 Å². The van der Waals surface area contributed by atoms with Crippen molar-refractivity contribution in [2.75, 3.05) is 40.3 Å². The highest BCUT2D eigenvalue weighted by Crippen LogP contribution is 2.19. The largest absolute Gasteiger partial charge is 0.497 e. The summed E-state index contributed by atoms with van der Waals surface area (Å²) >= 11 is 0. The third-order valence-electron chi connectivity index (χ3n) is 5.25. The van der Waals surface area contributed by atoms with E-state index in [0.717, 1.165) is 31.2 Å². The lowest BCUT2D eigenvalue weighted by Crippen LogP contribution is -2.40. The molecule has 0 amide bonds. The lowest BCUT2D eigenvalue weighted by molar-refractivity contribution is 0.142. The van der Waals surface area contributed by atoms with Gasteiger partial charge in [-0.3, -0.25) is 4.98 Å². The van der Waals surface area contributed by atoms with Crippen molar-refractivity contribution in [3.05, 3.63) is 59.9 Å². The van der Waals surface area contributed by atoms with Gasteiger partial charge in [0.25, 0.3) is 0 Å². The normalized spacial score (nSPS) is 18.2. The molecule has 1 aromatic carbocycles. The van der Waals surface area contributed by atoms with Gasteiger partial charge in [-0.1, -0.05) is 12.1 Å². The summed E-state index contributed by atoms with van der Waals surface area (Å²) in [7, 11) is 3.95. The molecule has 4 heteroatoms. The van der Waals surface area contributed by atoms with Crippen molar-refractivity contribution in [3.8, 4) is 5.75 Å². The van der Waals surface area contributed by atoms with E-state index < -0.39 is 0 Å². The fraction of sp³-hybridized carbons (Fsp3) is 0.500. The molecule has 140 valence electrons. The first-order chi connectivity index (χ1) is 12.7. The molecule has 2 aromatic rings. The van der Waals surface area contributed by atoms with Crippen molar-refractivity contribution in [3.63, 3.8) is 0 Å². The van der Waals surface area contributed by atoms with E-state index in [1.807, 2.05) is 12.4 Å². The van der Waals surface area contributed by atoms with Crippen LogP contribution in [0.15, 0.2) is 48.8 Å². The van der Waals surface area contributed by atoms with Crippen molar-refractivity contribution < 1.29 is 4.74 Å². The van der Waals surface area contributed by atoms with Crippen LogP contribution in [0, 0.1) is 5.92 Å². The standard InChI is InChI=1S/C22H31N3O/c1-24(16-20-9-12-23-13-10-20)17-21-4-3-14-25(18-21)15-11-19-5-7-22(26-2)8-6-19/h5-10,12-13,21H,3-4,11,14-18H2,1-2H3. The molecule has 3 rings (SSSR count). The fourth-order valence-electron chi connectivity index (χ4n) is 3.89. The summed E-state index contributed by atoms with van der Waals surface area (Å²) in [5.41, 5.74) is 2.73. The predicted octanol–water partition coefficient (Wildman–Crippen LogP) is 3.48. The molecule has 2 heterocycles. The van der Waals surface area contributed by atoms with Gasteiger partial charge >= 0.3 is 0 Å². The molecule has 0 N–H and O–H groups in total. The molecule has 1 fully saturated rings. The first-order valence-electron chi connectivity index (χ1n) is 9.65. The lowest BCUT2D eigenvalue weighted by Gasteiger charge is -2.34. The zero-order valence-electron chi connectivity index (χ0n) is 16.1. The molecule has 0 saturated carbocycles. The minimum absolute atomic E-state index is 0.770. The Kier molecular flexibility index (Phi) is 7.04. The van der Waals surface area contributed by atoms with E-state index in [1.54, 1.807) is 7.11 Å². The minimum Gasteiger partial charge on any atom is -0.497 e. The van der Waals surface area contributed by atoms with Crippen LogP contribution in [0.25, 0.3) is 0 Å². The Morgan fingerprint density at radius 2 is 1.88 bits per heavy atom. The van der Waals surface area contributed by atoms with Crippen molar-refractivity contribution in [2.45, 2.75) is 25.8 Å². The SMILES string of the molecule is COc1ccc(CCN2CCCC(CN(C)Cc3ccncc3)C2)cc1. The number of benzene rings is 1. The van der Waals surface area contributed by atoms with Crippen LogP contribution in [0.3, 0.4) is 0 Å². The molecular formula is C22H31N3O. The average molecular weight is 354 g/mol. The van der Waals surface area contributed by atoms with Crippen LogP contribution < -0.4 is 4.74 Å². The zero-order chi connectivity index (χ0) is 18.2. The third-order valence-corrected chi connectivity index (χ3v) is 5.25. The van der Waals surface area contributed by atoms with Gasteiger partial charge in [-0.25, -0.2) is 0 Å². The topological polar surface area (TPSA) is 28.6 Å². The number of hydrogen-bond donors (Lipinski definition) is 0. The molecule has 1 aliphatic rings. The highest BCUT2D eigenvalue weighted by Gasteiger charge is 2.21. The number of ether oxygens (including phenoxy) is 1. The molecule has 1 atom stereocenters. The molecule has 0 radical (unpaired) electrons. The molecule has 1 aliphatic heterocycles. The lowest BCUT2D eigenvalue weighted by atomic mass is 9.97. The van der Waals surface area contributed by atoms with Crippen LogP contribution in [-0.4, -0.2) is 55.1 Å². The number of methoxy groups -OCH3 is 1. The quantitative estimate of drug-likeness (QED) is 0.726. The molecule has 1 unspecified atom stereocenters. The molecule has 0 spiro atoms. The fourth-order valence-corrected chi connectivity index (χ4v) is 3.89. The van der Waals surface area contributed by atoms with Crippen LogP contribution in [0.1, 0.15) is 24.0 Å². The third kappa shape index (κ3) is 5.82. The molecule has 0 aliphatic carbocycles. The number of hydrogen-bond acceptors (Lipinski definition) is 4. The summed E-state index contributed by atoms with van der Waals surface area (Å²) in [6.07, 6.45) is 7.54. The first kappa shape index (κ1) is 18.9. The number of likely N-dealkylation sites (tertiary alicyclic amines) is 1.